The predicted molar refractivity (Wildman–Crippen MR) is 47.7 cm³/mol. The molecule has 0 aromatic heterocycles. The Bertz CT molecular complexity index is 427. The van der Waals surface area contributed by atoms with E-state index in [1.54, 1.807) is 6.92 Å². The molecule has 15 heavy (non-hydrogen) atoms. The lowest BCUT2D eigenvalue weighted by atomic mass is 10.0. The number of aryl methyl sites for hydroxylation is 1. The summed E-state index contributed by atoms with van der Waals surface area (Å²) in [4.78, 5) is 21.3. The average molecular weight is 214 g/mol. The first-order valence-electron chi connectivity index (χ1n) is 4.23. The SMILES string of the molecule is CCc1cc(F)cc(C(=O)C(=O)O)c1F. The topological polar surface area (TPSA) is 54.4 Å². The van der Waals surface area contributed by atoms with Crippen LogP contribution in [0.2, 0.25) is 0 Å². The van der Waals surface area contributed by atoms with Crippen LogP contribution in [0.5, 0.6) is 0 Å². The fourth-order valence-corrected chi connectivity index (χ4v) is 1.18. The van der Waals surface area contributed by atoms with Gasteiger partial charge in [-0.1, -0.05) is 6.92 Å². The molecule has 0 aliphatic carbocycles. The van der Waals surface area contributed by atoms with E-state index in [-0.39, 0.29) is 12.0 Å². The summed E-state index contributed by atoms with van der Waals surface area (Å²) in [6, 6.07) is 1.53. The highest BCUT2D eigenvalue weighted by molar-refractivity contribution is 6.39. The third-order valence-corrected chi connectivity index (χ3v) is 1.93. The van der Waals surface area contributed by atoms with E-state index >= 15 is 0 Å². The number of halogens is 2. The molecular weight excluding hydrogens is 206 g/mol. The maximum absolute atomic E-state index is 13.4. The van der Waals surface area contributed by atoms with Crippen LogP contribution < -0.4 is 0 Å². The van der Waals surface area contributed by atoms with Gasteiger partial charge in [0.15, 0.2) is 0 Å². The molecule has 0 spiro atoms. The van der Waals surface area contributed by atoms with Crippen LogP contribution in [0.25, 0.3) is 0 Å². The van der Waals surface area contributed by atoms with Gasteiger partial charge in [-0.25, -0.2) is 13.6 Å². The molecule has 0 unspecified atom stereocenters. The van der Waals surface area contributed by atoms with Gasteiger partial charge in [0.25, 0.3) is 5.78 Å². The van der Waals surface area contributed by atoms with Crippen LogP contribution in [0.4, 0.5) is 8.78 Å². The molecule has 80 valence electrons. The third kappa shape index (κ3) is 2.18. The Morgan fingerprint density at radius 2 is 1.93 bits per heavy atom. The predicted octanol–water partition coefficient (Wildman–Crippen LogP) is 1.79. The molecule has 5 heteroatoms. The van der Waals surface area contributed by atoms with Crippen molar-refractivity contribution in [3.05, 3.63) is 34.9 Å². The van der Waals surface area contributed by atoms with Crippen LogP contribution in [0.3, 0.4) is 0 Å². The van der Waals surface area contributed by atoms with Crippen molar-refractivity contribution < 1.29 is 23.5 Å². The molecule has 0 fully saturated rings. The Hall–Kier alpha value is -1.78. The van der Waals surface area contributed by atoms with Gasteiger partial charge in [0.2, 0.25) is 0 Å². The van der Waals surface area contributed by atoms with Gasteiger partial charge in [-0.2, -0.15) is 0 Å². The molecule has 0 amide bonds. The number of carboxylic acids is 1. The fraction of sp³-hybridized carbons (Fsp3) is 0.200. The van der Waals surface area contributed by atoms with Crippen LogP contribution in [-0.2, 0) is 11.2 Å². The van der Waals surface area contributed by atoms with Gasteiger partial charge in [-0.05, 0) is 24.1 Å². The molecule has 0 saturated carbocycles. The average Bonchev–Trinajstić information content (AvgIpc) is 2.19. The van der Waals surface area contributed by atoms with Gasteiger partial charge in [0.1, 0.15) is 11.6 Å². The first-order valence-corrected chi connectivity index (χ1v) is 4.23. The van der Waals surface area contributed by atoms with Gasteiger partial charge in [-0.15, -0.1) is 0 Å². The monoisotopic (exact) mass is 214 g/mol. The van der Waals surface area contributed by atoms with E-state index in [0.29, 0.717) is 6.07 Å². The lowest BCUT2D eigenvalue weighted by molar-refractivity contribution is -0.131. The number of benzene rings is 1. The zero-order chi connectivity index (χ0) is 11.6. The largest absolute Gasteiger partial charge is 0.475 e. The van der Waals surface area contributed by atoms with Gasteiger partial charge in [0.05, 0.1) is 5.56 Å². The van der Waals surface area contributed by atoms with Crippen molar-refractivity contribution in [1.82, 2.24) is 0 Å². The second-order valence-corrected chi connectivity index (χ2v) is 2.91. The summed E-state index contributed by atoms with van der Waals surface area (Å²) in [6.07, 6.45) is 0.184. The zero-order valence-corrected chi connectivity index (χ0v) is 7.88. The molecule has 3 nitrogen and oxygen atoms in total. The summed E-state index contributed by atoms with van der Waals surface area (Å²) in [5.41, 5.74) is -0.751. The molecule has 0 saturated heterocycles. The molecule has 0 aliphatic rings. The number of ketones is 1. The minimum Gasteiger partial charge on any atom is -0.475 e. The second kappa shape index (κ2) is 4.16. The van der Waals surface area contributed by atoms with Gasteiger partial charge >= 0.3 is 5.97 Å². The number of hydrogen-bond acceptors (Lipinski definition) is 2. The first kappa shape index (κ1) is 11.3. The molecule has 0 heterocycles. The van der Waals surface area contributed by atoms with E-state index in [0.717, 1.165) is 6.07 Å². The highest BCUT2D eigenvalue weighted by Crippen LogP contribution is 2.16. The van der Waals surface area contributed by atoms with Crippen molar-refractivity contribution in [2.45, 2.75) is 13.3 Å². The van der Waals surface area contributed by atoms with E-state index in [4.69, 9.17) is 5.11 Å². The van der Waals surface area contributed by atoms with Gasteiger partial charge < -0.3 is 5.11 Å². The minimum atomic E-state index is -1.80. The van der Waals surface area contributed by atoms with Crippen LogP contribution >= 0.6 is 0 Å². The summed E-state index contributed by atoms with van der Waals surface area (Å²) >= 11 is 0. The lowest BCUT2D eigenvalue weighted by Gasteiger charge is -2.04. The number of rotatable bonds is 3. The summed E-state index contributed by atoms with van der Waals surface area (Å²) < 4.78 is 26.3. The molecule has 1 aromatic rings. The van der Waals surface area contributed by atoms with E-state index in [2.05, 4.69) is 0 Å². The van der Waals surface area contributed by atoms with Crippen LogP contribution in [0.15, 0.2) is 12.1 Å². The molecule has 0 radical (unpaired) electrons. The Labute approximate surface area is 84.3 Å². The molecular formula is C10H8F2O3. The maximum atomic E-state index is 13.4. The number of aliphatic carboxylic acids is 1. The summed E-state index contributed by atoms with van der Waals surface area (Å²) in [5.74, 6) is -5.03. The number of hydrogen-bond donors (Lipinski definition) is 1. The summed E-state index contributed by atoms with van der Waals surface area (Å²) in [7, 11) is 0. The Morgan fingerprint density at radius 3 is 2.40 bits per heavy atom. The van der Waals surface area contributed by atoms with E-state index < -0.39 is 29.0 Å². The highest BCUT2D eigenvalue weighted by Gasteiger charge is 2.21. The smallest absolute Gasteiger partial charge is 0.377 e. The van der Waals surface area contributed by atoms with Crippen molar-refractivity contribution in [3.63, 3.8) is 0 Å². The zero-order valence-electron chi connectivity index (χ0n) is 7.88. The van der Waals surface area contributed by atoms with Crippen LogP contribution in [0, 0.1) is 11.6 Å². The molecule has 1 N–H and O–H groups in total. The van der Waals surface area contributed by atoms with Crippen molar-refractivity contribution in [3.8, 4) is 0 Å². The molecule has 1 rings (SSSR count). The number of carbonyl (C=O) groups is 2. The quantitative estimate of drug-likeness (QED) is 0.616. The first-order chi connectivity index (χ1) is 6.97. The normalized spacial score (nSPS) is 10.1. The van der Waals surface area contributed by atoms with Crippen molar-refractivity contribution >= 4 is 11.8 Å². The van der Waals surface area contributed by atoms with E-state index in [1.165, 1.54) is 0 Å². The van der Waals surface area contributed by atoms with E-state index in [1.807, 2.05) is 0 Å². The third-order valence-electron chi connectivity index (χ3n) is 1.93. The lowest BCUT2D eigenvalue weighted by Crippen LogP contribution is -2.15. The van der Waals surface area contributed by atoms with Crippen LogP contribution in [-0.4, -0.2) is 16.9 Å². The van der Waals surface area contributed by atoms with Gasteiger partial charge in [-0.3, -0.25) is 4.79 Å². The maximum Gasteiger partial charge on any atom is 0.377 e. The minimum absolute atomic E-state index is 0.0143. The fourth-order valence-electron chi connectivity index (χ4n) is 1.18. The number of carbonyl (C=O) groups excluding carboxylic acids is 1. The molecule has 1 aromatic carbocycles. The Balaban J connectivity index is 3.35. The number of carboxylic acid groups (broad SMARTS) is 1. The summed E-state index contributed by atoms with van der Waals surface area (Å²) in [6.45, 7) is 1.58. The molecule has 0 bridgehead atoms. The van der Waals surface area contributed by atoms with Gasteiger partial charge in [0, 0.05) is 0 Å². The summed E-state index contributed by atoms with van der Waals surface area (Å²) in [5, 5.41) is 8.38. The highest BCUT2D eigenvalue weighted by atomic mass is 19.1. The Morgan fingerprint density at radius 1 is 1.33 bits per heavy atom. The Kier molecular flexibility index (Phi) is 3.14. The molecule has 0 atom stereocenters. The molecule has 0 aliphatic heterocycles. The van der Waals surface area contributed by atoms with Crippen molar-refractivity contribution in [2.75, 3.05) is 0 Å². The van der Waals surface area contributed by atoms with Crippen molar-refractivity contribution in [1.29, 1.82) is 0 Å². The van der Waals surface area contributed by atoms with E-state index in [9.17, 15) is 18.4 Å². The van der Waals surface area contributed by atoms with Crippen LogP contribution in [0.1, 0.15) is 22.8 Å². The standard InChI is InChI=1S/C10H8F2O3/c1-2-5-3-6(11)4-7(8(5)12)9(13)10(14)15/h3-4H,2H2,1H3,(H,14,15). The van der Waals surface area contributed by atoms with Crippen molar-refractivity contribution in [2.24, 2.45) is 0 Å². The second-order valence-electron chi connectivity index (χ2n) is 2.91. The number of Topliss-reactive ketones (excluding diaryl/α,β-unsaturated/α-hetero) is 1.